The maximum Gasteiger partial charge on any atom is 0.337 e. The minimum atomic E-state index is -1.64. The summed E-state index contributed by atoms with van der Waals surface area (Å²) in [5.74, 6) is -1.81. The predicted octanol–water partition coefficient (Wildman–Crippen LogP) is 2.01. The summed E-state index contributed by atoms with van der Waals surface area (Å²) in [5.41, 5.74) is 0.430. The molecule has 1 unspecified atom stereocenters. The van der Waals surface area contributed by atoms with Crippen LogP contribution in [0.15, 0.2) is 16.6 Å². The summed E-state index contributed by atoms with van der Waals surface area (Å²) in [6, 6.07) is 2.37. The number of halogens is 2. The molecule has 1 rings (SSSR count). The fourth-order valence-electron chi connectivity index (χ4n) is 1.03. The van der Waals surface area contributed by atoms with E-state index in [-0.39, 0.29) is 15.6 Å². The van der Waals surface area contributed by atoms with Crippen LogP contribution in [0.25, 0.3) is 0 Å². The van der Waals surface area contributed by atoms with Crippen LogP contribution in [0, 0.1) is 12.7 Å². The molecule has 0 aliphatic rings. The Morgan fingerprint density at radius 3 is 2.64 bits per heavy atom. The Bertz CT molecular complexity index is 379. The number of hydrogen-bond donors (Lipinski definition) is 2. The summed E-state index contributed by atoms with van der Waals surface area (Å²) in [6.07, 6.45) is -1.64. The van der Waals surface area contributed by atoms with E-state index in [1.54, 1.807) is 0 Å². The Morgan fingerprint density at radius 1 is 1.57 bits per heavy atom. The number of aliphatic hydroxyl groups excluding tert-OH is 1. The van der Waals surface area contributed by atoms with Gasteiger partial charge >= 0.3 is 5.97 Å². The number of benzene rings is 1. The Labute approximate surface area is 88.3 Å². The molecular formula is C9H8BrFO3. The molecule has 1 atom stereocenters. The van der Waals surface area contributed by atoms with Crippen molar-refractivity contribution in [3.63, 3.8) is 0 Å². The SMILES string of the molecule is Cc1c(F)ccc(C(O)C(=O)O)c1Br. The van der Waals surface area contributed by atoms with E-state index in [4.69, 9.17) is 5.11 Å². The highest BCUT2D eigenvalue weighted by Gasteiger charge is 2.20. The van der Waals surface area contributed by atoms with Crippen LogP contribution in [0.3, 0.4) is 0 Å². The van der Waals surface area contributed by atoms with Gasteiger partial charge < -0.3 is 10.2 Å². The van der Waals surface area contributed by atoms with Crippen molar-refractivity contribution in [1.29, 1.82) is 0 Å². The zero-order chi connectivity index (χ0) is 10.9. The van der Waals surface area contributed by atoms with E-state index >= 15 is 0 Å². The van der Waals surface area contributed by atoms with Gasteiger partial charge in [0.15, 0.2) is 6.10 Å². The molecule has 0 spiro atoms. The fraction of sp³-hybridized carbons (Fsp3) is 0.222. The molecule has 14 heavy (non-hydrogen) atoms. The zero-order valence-electron chi connectivity index (χ0n) is 7.29. The van der Waals surface area contributed by atoms with Gasteiger partial charge in [0, 0.05) is 10.0 Å². The summed E-state index contributed by atoms with van der Waals surface area (Å²) in [6.45, 7) is 1.50. The minimum absolute atomic E-state index is 0.149. The fourth-order valence-corrected chi connectivity index (χ4v) is 1.57. The van der Waals surface area contributed by atoms with Gasteiger partial charge in [-0.1, -0.05) is 22.0 Å². The Hall–Kier alpha value is -0.940. The first-order valence-electron chi connectivity index (χ1n) is 3.80. The lowest BCUT2D eigenvalue weighted by molar-refractivity contribution is -0.147. The highest BCUT2D eigenvalue weighted by atomic mass is 79.9. The molecule has 0 fully saturated rings. The molecule has 0 radical (unpaired) electrons. The normalized spacial score (nSPS) is 12.6. The first kappa shape index (κ1) is 11.1. The highest BCUT2D eigenvalue weighted by molar-refractivity contribution is 9.10. The van der Waals surface area contributed by atoms with Crippen molar-refractivity contribution in [3.05, 3.63) is 33.5 Å². The second-order valence-corrected chi connectivity index (χ2v) is 3.61. The Kier molecular flexibility index (Phi) is 3.23. The molecule has 1 aromatic carbocycles. The quantitative estimate of drug-likeness (QED) is 0.858. The molecule has 76 valence electrons. The van der Waals surface area contributed by atoms with Crippen molar-refractivity contribution in [1.82, 2.24) is 0 Å². The van der Waals surface area contributed by atoms with Crippen molar-refractivity contribution in [3.8, 4) is 0 Å². The molecule has 0 aliphatic carbocycles. The smallest absolute Gasteiger partial charge is 0.337 e. The molecule has 5 heteroatoms. The molecule has 0 saturated carbocycles. The maximum atomic E-state index is 13.0. The third kappa shape index (κ3) is 1.93. The number of carbonyl (C=O) groups is 1. The van der Waals surface area contributed by atoms with Gasteiger partial charge in [0.1, 0.15) is 5.82 Å². The number of carboxylic acids is 1. The number of aliphatic carboxylic acids is 1. The van der Waals surface area contributed by atoms with Gasteiger partial charge in [-0.3, -0.25) is 0 Å². The van der Waals surface area contributed by atoms with Crippen molar-refractivity contribution in [2.24, 2.45) is 0 Å². The lowest BCUT2D eigenvalue weighted by atomic mass is 10.1. The van der Waals surface area contributed by atoms with Gasteiger partial charge in [0.25, 0.3) is 0 Å². The number of aliphatic hydroxyl groups is 1. The topological polar surface area (TPSA) is 57.5 Å². The Morgan fingerprint density at radius 2 is 2.14 bits per heavy atom. The van der Waals surface area contributed by atoms with Crippen molar-refractivity contribution in [2.75, 3.05) is 0 Å². The second kappa shape index (κ2) is 4.06. The highest BCUT2D eigenvalue weighted by Crippen LogP contribution is 2.28. The van der Waals surface area contributed by atoms with Gasteiger partial charge in [-0.05, 0) is 18.6 Å². The average Bonchev–Trinajstić information content (AvgIpc) is 2.13. The van der Waals surface area contributed by atoms with Crippen molar-refractivity contribution in [2.45, 2.75) is 13.0 Å². The van der Waals surface area contributed by atoms with Gasteiger partial charge in [0.2, 0.25) is 0 Å². The van der Waals surface area contributed by atoms with E-state index in [1.165, 1.54) is 13.0 Å². The maximum absolute atomic E-state index is 13.0. The molecule has 0 saturated heterocycles. The summed E-state index contributed by atoms with van der Waals surface area (Å²) < 4.78 is 13.2. The largest absolute Gasteiger partial charge is 0.479 e. The lowest BCUT2D eigenvalue weighted by Gasteiger charge is -2.10. The summed E-state index contributed by atoms with van der Waals surface area (Å²) in [5, 5.41) is 17.8. The third-order valence-electron chi connectivity index (χ3n) is 1.88. The van der Waals surface area contributed by atoms with Crippen LogP contribution in [0.1, 0.15) is 17.2 Å². The van der Waals surface area contributed by atoms with Crippen LogP contribution in [-0.4, -0.2) is 16.2 Å². The average molecular weight is 263 g/mol. The molecule has 0 aromatic heterocycles. The minimum Gasteiger partial charge on any atom is -0.479 e. The van der Waals surface area contributed by atoms with Crippen LogP contribution in [0.2, 0.25) is 0 Å². The van der Waals surface area contributed by atoms with Gasteiger partial charge in [-0.15, -0.1) is 0 Å². The Balaban J connectivity index is 3.24. The third-order valence-corrected chi connectivity index (χ3v) is 2.93. The van der Waals surface area contributed by atoms with Crippen LogP contribution in [-0.2, 0) is 4.79 Å². The first-order valence-corrected chi connectivity index (χ1v) is 4.59. The van der Waals surface area contributed by atoms with E-state index in [1.807, 2.05) is 0 Å². The molecule has 0 aliphatic heterocycles. The summed E-state index contributed by atoms with van der Waals surface area (Å²) in [4.78, 5) is 10.5. The van der Waals surface area contributed by atoms with Crippen molar-refractivity contribution >= 4 is 21.9 Å². The van der Waals surface area contributed by atoms with Gasteiger partial charge in [-0.25, -0.2) is 9.18 Å². The first-order chi connectivity index (χ1) is 6.45. The van der Waals surface area contributed by atoms with Gasteiger partial charge in [0.05, 0.1) is 0 Å². The summed E-state index contributed by atoms with van der Waals surface area (Å²) >= 11 is 3.04. The van der Waals surface area contributed by atoms with E-state index in [0.29, 0.717) is 0 Å². The van der Waals surface area contributed by atoms with Crippen LogP contribution >= 0.6 is 15.9 Å². The molecule has 0 bridgehead atoms. The van der Waals surface area contributed by atoms with Crippen LogP contribution < -0.4 is 0 Å². The number of hydrogen-bond acceptors (Lipinski definition) is 2. The molecule has 2 N–H and O–H groups in total. The second-order valence-electron chi connectivity index (χ2n) is 2.82. The number of carboxylic acid groups (broad SMARTS) is 1. The van der Waals surface area contributed by atoms with Crippen molar-refractivity contribution < 1.29 is 19.4 Å². The molecule has 3 nitrogen and oxygen atoms in total. The summed E-state index contributed by atoms with van der Waals surface area (Å²) in [7, 11) is 0. The lowest BCUT2D eigenvalue weighted by Crippen LogP contribution is -2.11. The predicted molar refractivity (Wildman–Crippen MR) is 51.4 cm³/mol. The molecular weight excluding hydrogens is 255 g/mol. The van der Waals surface area contributed by atoms with E-state index in [0.717, 1.165) is 6.07 Å². The van der Waals surface area contributed by atoms with E-state index in [9.17, 15) is 14.3 Å². The van der Waals surface area contributed by atoms with E-state index in [2.05, 4.69) is 15.9 Å². The van der Waals surface area contributed by atoms with Gasteiger partial charge in [-0.2, -0.15) is 0 Å². The molecule has 0 heterocycles. The zero-order valence-corrected chi connectivity index (χ0v) is 8.88. The van der Waals surface area contributed by atoms with Crippen LogP contribution in [0.5, 0.6) is 0 Å². The standard InChI is InChI=1S/C9H8BrFO3/c1-4-6(11)3-2-5(7(4)10)8(12)9(13)14/h2-3,8,12H,1H3,(H,13,14). The van der Waals surface area contributed by atoms with Crippen LogP contribution in [0.4, 0.5) is 4.39 Å². The monoisotopic (exact) mass is 262 g/mol. The molecule has 1 aromatic rings. The van der Waals surface area contributed by atoms with E-state index < -0.39 is 17.9 Å². The number of rotatable bonds is 2. The molecule has 0 amide bonds.